The van der Waals surface area contributed by atoms with Gasteiger partial charge in [-0.15, -0.1) is 5.10 Å². The first-order valence-corrected chi connectivity index (χ1v) is 10.9. The molecule has 168 valence electrons. The molecule has 3 aromatic heterocycles. The van der Waals surface area contributed by atoms with Gasteiger partial charge in [-0.05, 0) is 55.3 Å². The fraction of sp³-hybridized carbons (Fsp3) is 0.115. The predicted octanol–water partition coefficient (Wildman–Crippen LogP) is 4.48. The van der Waals surface area contributed by atoms with Crippen LogP contribution in [0.1, 0.15) is 27.2 Å². The van der Waals surface area contributed by atoms with E-state index in [4.69, 9.17) is 0 Å². The highest BCUT2D eigenvalue weighted by Crippen LogP contribution is 2.22. The van der Waals surface area contributed by atoms with Gasteiger partial charge in [0.25, 0.3) is 11.7 Å². The number of fused-ring (bicyclic) bond motifs is 1. The average Bonchev–Trinajstić information content (AvgIpc) is 3.28. The number of hydrogen-bond acceptors (Lipinski definition) is 6. The van der Waals surface area contributed by atoms with Gasteiger partial charge in [0.05, 0.1) is 0 Å². The summed E-state index contributed by atoms with van der Waals surface area (Å²) in [7, 11) is 0. The number of benzene rings is 2. The molecule has 1 amide bonds. The molecular weight excluding hydrogens is 426 g/mol. The van der Waals surface area contributed by atoms with Gasteiger partial charge in [0, 0.05) is 47.5 Å². The lowest BCUT2D eigenvalue weighted by molar-refractivity contribution is 0.0951. The monoisotopic (exact) mass is 449 g/mol. The van der Waals surface area contributed by atoms with Crippen molar-refractivity contribution in [1.29, 1.82) is 0 Å². The highest BCUT2D eigenvalue weighted by molar-refractivity contribution is 5.95. The number of amides is 1. The van der Waals surface area contributed by atoms with Crippen LogP contribution < -0.4 is 10.6 Å². The number of hydrogen-bond donors (Lipinski definition) is 2. The van der Waals surface area contributed by atoms with Crippen LogP contribution >= 0.6 is 0 Å². The fourth-order valence-corrected chi connectivity index (χ4v) is 3.67. The van der Waals surface area contributed by atoms with Crippen LogP contribution in [0.2, 0.25) is 0 Å². The summed E-state index contributed by atoms with van der Waals surface area (Å²) in [4.78, 5) is 26.0. The molecule has 0 atom stereocenters. The molecule has 5 rings (SSSR count). The van der Waals surface area contributed by atoms with E-state index >= 15 is 0 Å². The number of aromatic nitrogens is 5. The minimum Gasteiger partial charge on any atom is -0.348 e. The number of nitrogens with one attached hydrogen (secondary N) is 2. The standard InChI is InChI=1S/C26H23N7O/c1-17-7-3-4-8-20(17)16-28-25(34)19-9-5-11-22(14-19)30-23-13-18(2)29-26-31-24(32-33(23)26)21-10-6-12-27-15-21/h3-15,30H,16H2,1-2H3,(H,28,34). The highest BCUT2D eigenvalue weighted by atomic mass is 16.1. The van der Waals surface area contributed by atoms with Crippen molar-refractivity contribution in [1.82, 2.24) is 29.9 Å². The molecular formula is C26H23N7O. The number of anilines is 2. The maximum absolute atomic E-state index is 12.8. The molecule has 34 heavy (non-hydrogen) atoms. The molecule has 0 fully saturated rings. The number of nitrogens with zero attached hydrogens (tertiary/aromatic N) is 5. The first kappa shape index (κ1) is 21.3. The number of aryl methyl sites for hydroxylation is 2. The van der Waals surface area contributed by atoms with Crippen LogP contribution in [0, 0.1) is 13.8 Å². The van der Waals surface area contributed by atoms with Crippen molar-refractivity contribution in [3.8, 4) is 11.4 Å². The van der Waals surface area contributed by atoms with Gasteiger partial charge in [-0.1, -0.05) is 30.3 Å². The van der Waals surface area contributed by atoms with Crippen LogP contribution in [-0.4, -0.2) is 30.5 Å². The first-order chi connectivity index (χ1) is 16.6. The van der Waals surface area contributed by atoms with Crippen molar-refractivity contribution in [2.45, 2.75) is 20.4 Å². The molecule has 0 bridgehead atoms. The van der Waals surface area contributed by atoms with Crippen molar-refractivity contribution in [3.63, 3.8) is 0 Å². The Kier molecular flexibility index (Phi) is 5.70. The van der Waals surface area contributed by atoms with Gasteiger partial charge in [-0.25, -0.2) is 4.98 Å². The second kappa shape index (κ2) is 9.11. The Balaban J connectivity index is 1.39. The van der Waals surface area contributed by atoms with Crippen molar-refractivity contribution < 1.29 is 4.79 Å². The Morgan fingerprint density at radius 1 is 0.971 bits per heavy atom. The van der Waals surface area contributed by atoms with Crippen LogP contribution in [-0.2, 0) is 6.54 Å². The SMILES string of the molecule is Cc1cc(Nc2cccc(C(=O)NCc3ccccc3C)c2)n2nc(-c3cccnc3)nc2n1. The molecule has 0 saturated carbocycles. The molecule has 0 aliphatic heterocycles. The topological polar surface area (TPSA) is 97.1 Å². The molecule has 2 N–H and O–H groups in total. The molecule has 0 aliphatic rings. The Morgan fingerprint density at radius 3 is 2.68 bits per heavy atom. The third kappa shape index (κ3) is 4.47. The minimum absolute atomic E-state index is 0.137. The second-order valence-corrected chi connectivity index (χ2v) is 7.99. The molecule has 8 nitrogen and oxygen atoms in total. The Bertz CT molecular complexity index is 1480. The van der Waals surface area contributed by atoms with Crippen LogP contribution in [0.5, 0.6) is 0 Å². The molecule has 8 heteroatoms. The van der Waals surface area contributed by atoms with E-state index < -0.39 is 0 Å². The highest BCUT2D eigenvalue weighted by Gasteiger charge is 2.13. The lowest BCUT2D eigenvalue weighted by Crippen LogP contribution is -2.23. The van der Waals surface area contributed by atoms with E-state index in [1.165, 1.54) is 0 Å². The molecule has 5 aromatic rings. The van der Waals surface area contributed by atoms with E-state index in [9.17, 15) is 4.79 Å². The molecule has 2 aromatic carbocycles. The number of carbonyl (C=O) groups excluding carboxylic acids is 1. The Hall–Kier alpha value is -4.59. The molecule has 0 unspecified atom stereocenters. The number of rotatable bonds is 6. The van der Waals surface area contributed by atoms with E-state index in [1.807, 2.05) is 74.5 Å². The van der Waals surface area contributed by atoms with E-state index in [0.29, 0.717) is 29.5 Å². The van der Waals surface area contributed by atoms with Gasteiger partial charge >= 0.3 is 0 Å². The first-order valence-electron chi connectivity index (χ1n) is 10.9. The summed E-state index contributed by atoms with van der Waals surface area (Å²) in [5, 5.41) is 11.0. The number of carbonyl (C=O) groups is 1. The van der Waals surface area contributed by atoms with Gasteiger partial charge in [0.2, 0.25) is 0 Å². The largest absolute Gasteiger partial charge is 0.348 e. The van der Waals surface area contributed by atoms with E-state index in [1.54, 1.807) is 23.0 Å². The lowest BCUT2D eigenvalue weighted by Gasteiger charge is -2.11. The maximum Gasteiger partial charge on any atom is 0.254 e. The van der Waals surface area contributed by atoms with Crippen LogP contribution in [0.25, 0.3) is 17.2 Å². The quantitative estimate of drug-likeness (QED) is 0.397. The van der Waals surface area contributed by atoms with Gasteiger partial charge in [0.15, 0.2) is 5.82 Å². The minimum atomic E-state index is -0.137. The third-order valence-corrected chi connectivity index (χ3v) is 5.46. The summed E-state index contributed by atoms with van der Waals surface area (Å²) in [6.07, 6.45) is 3.42. The summed E-state index contributed by atoms with van der Waals surface area (Å²) in [6, 6.07) is 21.0. The van der Waals surface area contributed by atoms with Gasteiger partial charge in [-0.2, -0.15) is 9.50 Å². The average molecular weight is 450 g/mol. The van der Waals surface area contributed by atoms with E-state index in [-0.39, 0.29) is 5.91 Å². The zero-order valence-electron chi connectivity index (χ0n) is 18.9. The van der Waals surface area contributed by atoms with Gasteiger partial charge in [0.1, 0.15) is 5.82 Å². The normalized spacial score (nSPS) is 10.9. The van der Waals surface area contributed by atoms with Crippen molar-refractivity contribution in [3.05, 3.63) is 102 Å². The van der Waals surface area contributed by atoms with Gasteiger partial charge < -0.3 is 10.6 Å². The zero-order valence-corrected chi connectivity index (χ0v) is 18.9. The van der Waals surface area contributed by atoms with E-state index in [2.05, 4.69) is 30.7 Å². The molecule has 3 heterocycles. The lowest BCUT2D eigenvalue weighted by atomic mass is 10.1. The summed E-state index contributed by atoms with van der Waals surface area (Å²) in [5.41, 5.74) is 5.17. The van der Waals surface area contributed by atoms with Crippen LogP contribution in [0.4, 0.5) is 11.5 Å². The smallest absolute Gasteiger partial charge is 0.254 e. The third-order valence-electron chi connectivity index (χ3n) is 5.46. The summed E-state index contributed by atoms with van der Waals surface area (Å²) >= 11 is 0. The molecule has 0 radical (unpaired) electrons. The van der Waals surface area contributed by atoms with Gasteiger partial charge in [-0.3, -0.25) is 9.78 Å². The van der Waals surface area contributed by atoms with Crippen LogP contribution in [0.3, 0.4) is 0 Å². The van der Waals surface area contributed by atoms with Crippen molar-refractivity contribution in [2.75, 3.05) is 5.32 Å². The summed E-state index contributed by atoms with van der Waals surface area (Å²) in [6.45, 7) is 4.41. The molecule has 0 spiro atoms. The Labute approximate surface area is 196 Å². The predicted molar refractivity (Wildman–Crippen MR) is 131 cm³/mol. The van der Waals surface area contributed by atoms with Crippen molar-refractivity contribution in [2.24, 2.45) is 0 Å². The van der Waals surface area contributed by atoms with Crippen molar-refractivity contribution >= 4 is 23.2 Å². The Morgan fingerprint density at radius 2 is 1.85 bits per heavy atom. The second-order valence-electron chi connectivity index (χ2n) is 7.99. The molecule has 0 saturated heterocycles. The maximum atomic E-state index is 12.8. The fourth-order valence-electron chi connectivity index (χ4n) is 3.67. The zero-order chi connectivity index (χ0) is 23.5. The van der Waals surface area contributed by atoms with Crippen LogP contribution in [0.15, 0.2) is 79.1 Å². The summed E-state index contributed by atoms with van der Waals surface area (Å²) < 4.78 is 1.65. The number of pyridine rings is 1. The summed E-state index contributed by atoms with van der Waals surface area (Å²) in [5.74, 6) is 1.58. The molecule has 0 aliphatic carbocycles. The van der Waals surface area contributed by atoms with E-state index in [0.717, 1.165) is 28.1 Å².